The van der Waals surface area contributed by atoms with Gasteiger partial charge in [0.25, 0.3) is 0 Å². The molecule has 1 aliphatic rings. The van der Waals surface area contributed by atoms with E-state index in [2.05, 4.69) is 32.9 Å². The number of benzene rings is 2. The van der Waals surface area contributed by atoms with Gasteiger partial charge in [-0.15, -0.1) is 0 Å². The van der Waals surface area contributed by atoms with Gasteiger partial charge in [0.2, 0.25) is 0 Å². The van der Waals surface area contributed by atoms with E-state index in [9.17, 15) is 0 Å². The van der Waals surface area contributed by atoms with Crippen molar-refractivity contribution >= 4 is 19.4 Å². The molecule has 130 valence electrons. The Morgan fingerprint density at radius 1 is 1.12 bits per heavy atom. The Balaban J connectivity index is 1.54. The fraction of sp³-hybridized carbons (Fsp3) is 0.429. The SMILES string of the molecule is [B]C1(Oc2ccc(C(C)(C)C)cc2Cl)CC(OCc2ccccc2)C1. The third-order valence-corrected chi connectivity index (χ3v) is 4.88. The van der Waals surface area contributed by atoms with E-state index in [0.717, 1.165) is 0 Å². The monoisotopic (exact) mass is 354 g/mol. The van der Waals surface area contributed by atoms with Crippen molar-refractivity contribution in [3.05, 3.63) is 64.7 Å². The summed E-state index contributed by atoms with van der Waals surface area (Å²) in [6, 6.07) is 16.1. The molecule has 0 unspecified atom stereocenters. The highest BCUT2D eigenvalue weighted by Gasteiger charge is 2.42. The van der Waals surface area contributed by atoms with E-state index in [4.69, 9.17) is 28.9 Å². The minimum atomic E-state index is -0.700. The van der Waals surface area contributed by atoms with Gasteiger partial charge < -0.3 is 9.47 Å². The zero-order valence-corrected chi connectivity index (χ0v) is 15.8. The molecule has 25 heavy (non-hydrogen) atoms. The molecule has 3 rings (SSSR count). The van der Waals surface area contributed by atoms with E-state index >= 15 is 0 Å². The number of ether oxygens (including phenoxy) is 2. The Labute approximate surface area is 156 Å². The van der Waals surface area contributed by atoms with E-state index in [-0.39, 0.29) is 11.5 Å². The van der Waals surface area contributed by atoms with Crippen molar-refractivity contribution in [2.24, 2.45) is 0 Å². The Morgan fingerprint density at radius 3 is 2.40 bits per heavy atom. The summed E-state index contributed by atoms with van der Waals surface area (Å²) in [7, 11) is 6.33. The van der Waals surface area contributed by atoms with E-state index in [0.29, 0.717) is 30.2 Å². The molecule has 2 nitrogen and oxygen atoms in total. The maximum Gasteiger partial charge on any atom is 0.137 e. The van der Waals surface area contributed by atoms with Crippen LogP contribution in [0.2, 0.25) is 5.02 Å². The van der Waals surface area contributed by atoms with E-state index < -0.39 is 5.50 Å². The summed E-state index contributed by atoms with van der Waals surface area (Å²) >= 11 is 6.39. The third-order valence-electron chi connectivity index (χ3n) is 4.59. The molecule has 0 spiro atoms. The highest BCUT2D eigenvalue weighted by atomic mass is 35.5. The fourth-order valence-electron chi connectivity index (χ4n) is 2.97. The molecule has 0 aliphatic heterocycles. The topological polar surface area (TPSA) is 18.5 Å². The van der Waals surface area contributed by atoms with Crippen molar-refractivity contribution in [2.75, 3.05) is 0 Å². The first-order valence-electron chi connectivity index (χ1n) is 8.69. The predicted molar refractivity (Wildman–Crippen MR) is 104 cm³/mol. The van der Waals surface area contributed by atoms with E-state index in [1.54, 1.807) is 0 Å². The number of rotatable bonds is 5. The molecule has 0 aromatic heterocycles. The Hall–Kier alpha value is -1.45. The quantitative estimate of drug-likeness (QED) is 0.682. The van der Waals surface area contributed by atoms with Crippen LogP contribution in [0.3, 0.4) is 0 Å². The highest BCUT2D eigenvalue weighted by molar-refractivity contribution is 6.32. The van der Waals surface area contributed by atoms with E-state index in [1.165, 1.54) is 11.1 Å². The van der Waals surface area contributed by atoms with Crippen molar-refractivity contribution < 1.29 is 9.47 Å². The van der Waals surface area contributed by atoms with Crippen LogP contribution in [-0.4, -0.2) is 19.5 Å². The van der Waals surface area contributed by atoms with Crippen LogP contribution in [0.5, 0.6) is 5.75 Å². The Morgan fingerprint density at radius 2 is 1.80 bits per heavy atom. The molecule has 1 aliphatic carbocycles. The molecular formula is C21H24BClO2. The highest BCUT2D eigenvalue weighted by Crippen LogP contribution is 2.40. The first-order chi connectivity index (χ1) is 11.8. The average Bonchev–Trinajstić information content (AvgIpc) is 2.53. The lowest BCUT2D eigenvalue weighted by Gasteiger charge is -2.45. The maximum absolute atomic E-state index is 6.39. The van der Waals surface area contributed by atoms with Crippen LogP contribution < -0.4 is 4.74 Å². The number of hydrogen-bond donors (Lipinski definition) is 0. The van der Waals surface area contributed by atoms with Crippen molar-refractivity contribution in [3.63, 3.8) is 0 Å². The van der Waals surface area contributed by atoms with Gasteiger partial charge in [0, 0.05) is 12.8 Å². The lowest BCUT2D eigenvalue weighted by atomic mass is 9.63. The summed E-state index contributed by atoms with van der Waals surface area (Å²) in [5.41, 5.74) is 1.69. The van der Waals surface area contributed by atoms with Crippen LogP contribution in [0, 0.1) is 0 Å². The second kappa shape index (κ2) is 7.05. The molecule has 0 bridgehead atoms. The summed E-state index contributed by atoms with van der Waals surface area (Å²) < 4.78 is 11.9. The van der Waals surface area contributed by atoms with Crippen LogP contribution in [0.15, 0.2) is 48.5 Å². The molecule has 1 saturated carbocycles. The molecule has 0 N–H and O–H groups in total. The summed E-state index contributed by atoms with van der Waals surface area (Å²) in [5.74, 6) is 0.638. The summed E-state index contributed by atoms with van der Waals surface area (Å²) in [5, 5.41) is 0.603. The van der Waals surface area contributed by atoms with Gasteiger partial charge in [-0.25, -0.2) is 0 Å². The Bertz CT molecular complexity index is 718. The van der Waals surface area contributed by atoms with Crippen molar-refractivity contribution in [2.45, 2.75) is 57.2 Å². The largest absolute Gasteiger partial charge is 0.496 e. The van der Waals surface area contributed by atoms with E-state index in [1.807, 2.05) is 36.4 Å². The van der Waals surface area contributed by atoms with Gasteiger partial charge in [-0.2, -0.15) is 0 Å². The standard InChI is InChI=1S/C21H24BClO2/c1-20(2,3)16-9-10-19(18(23)11-16)25-21(22)12-17(13-21)24-14-15-7-5-4-6-8-15/h4-11,17H,12-14H2,1-3H3. The molecule has 2 radical (unpaired) electrons. The van der Waals surface area contributed by atoms with Gasteiger partial charge in [-0.05, 0) is 28.7 Å². The lowest BCUT2D eigenvalue weighted by molar-refractivity contribution is -0.0886. The molecule has 2 aromatic rings. The molecule has 2 aromatic carbocycles. The minimum Gasteiger partial charge on any atom is -0.496 e. The fourth-order valence-corrected chi connectivity index (χ4v) is 3.19. The molecule has 0 atom stereocenters. The zero-order chi connectivity index (χ0) is 18.1. The smallest absolute Gasteiger partial charge is 0.137 e. The Kier molecular flexibility index (Phi) is 5.17. The van der Waals surface area contributed by atoms with Gasteiger partial charge in [0.1, 0.15) is 13.6 Å². The van der Waals surface area contributed by atoms with Gasteiger partial charge in [-0.3, -0.25) is 0 Å². The van der Waals surface area contributed by atoms with Gasteiger partial charge in [-0.1, -0.05) is 68.8 Å². The molecule has 0 heterocycles. The summed E-state index contributed by atoms with van der Waals surface area (Å²) in [6.45, 7) is 7.07. The molecular weight excluding hydrogens is 330 g/mol. The zero-order valence-electron chi connectivity index (χ0n) is 15.1. The van der Waals surface area contributed by atoms with Crippen LogP contribution in [0.1, 0.15) is 44.7 Å². The minimum absolute atomic E-state index is 0.0510. The van der Waals surface area contributed by atoms with Crippen molar-refractivity contribution in [1.29, 1.82) is 0 Å². The second-order valence-electron chi connectivity index (χ2n) is 7.89. The predicted octanol–water partition coefficient (Wildman–Crippen LogP) is 5.26. The van der Waals surface area contributed by atoms with Crippen molar-refractivity contribution in [3.8, 4) is 5.75 Å². The van der Waals surface area contributed by atoms with Crippen LogP contribution in [-0.2, 0) is 16.8 Å². The lowest BCUT2D eigenvalue weighted by Crippen LogP contribution is -2.53. The normalized spacial score (nSPS) is 23.1. The van der Waals surface area contributed by atoms with Gasteiger partial charge >= 0.3 is 0 Å². The summed E-state index contributed by atoms with van der Waals surface area (Å²) in [4.78, 5) is 0. The molecule has 4 heteroatoms. The first-order valence-corrected chi connectivity index (χ1v) is 9.06. The van der Waals surface area contributed by atoms with Crippen molar-refractivity contribution in [1.82, 2.24) is 0 Å². The molecule has 0 amide bonds. The van der Waals surface area contributed by atoms with Gasteiger partial charge in [0.15, 0.2) is 0 Å². The number of hydrogen-bond acceptors (Lipinski definition) is 2. The van der Waals surface area contributed by atoms with Crippen LogP contribution >= 0.6 is 11.6 Å². The third kappa shape index (κ3) is 4.59. The maximum atomic E-state index is 6.39. The van der Waals surface area contributed by atoms with Gasteiger partial charge in [0.05, 0.1) is 23.2 Å². The van der Waals surface area contributed by atoms with Crippen LogP contribution in [0.4, 0.5) is 0 Å². The van der Waals surface area contributed by atoms with Crippen LogP contribution in [0.25, 0.3) is 0 Å². The first kappa shape index (κ1) is 18.3. The molecule has 0 saturated heterocycles. The summed E-state index contributed by atoms with van der Waals surface area (Å²) in [6.07, 6.45) is 1.45. The second-order valence-corrected chi connectivity index (χ2v) is 8.30. The number of halogens is 1. The average molecular weight is 355 g/mol. The molecule has 1 fully saturated rings.